The van der Waals surface area contributed by atoms with Gasteiger partial charge in [-0.2, -0.15) is 0 Å². The number of aliphatic hydroxyl groups is 1. The summed E-state index contributed by atoms with van der Waals surface area (Å²) in [6.07, 6.45) is 4.11. The summed E-state index contributed by atoms with van der Waals surface area (Å²) < 4.78 is 27.5. The first-order valence-electron chi connectivity index (χ1n) is 6.20. The predicted octanol–water partition coefficient (Wildman–Crippen LogP) is 3.48. The number of hydrogen-bond acceptors (Lipinski definition) is 1. The summed E-state index contributed by atoms with van der Waals surface area (Å²) in [6.45, 7) is 1.67. The smallest absolute Gasteiger partial charge is 0.127 e. The van der Waals surface area contributed by atoms with E-state index in [9.17, 15) is 13.9 Å². The maximum Gasteiger partial charge on any atom is 0.127 e. The highest BCUT2D eigenvalue weighted by molar-refractivity contribution is 5.64. The van der Waals surface area contributed by atoms with Crippen LogP contribution in [0.2, 0.25) is 0 Å². The highest BCUT2D eigenvalue weighted by atomic mass is 19.1. The third-order valence-corrected chi connectivity index (χ3v) is 3.16. The lowest BCUT2D eigenvalue weighted by molar-refractivity contribution is 0.232. The zero-order chi connectivity index (χ0) is 14.7. The molecule has 0 aromatic heterocycles. The number of rotatable bonds is 3. The van der Waals surface area contributed by atoms with Crippen LogP contribution in [0.15, 0.2) is 36.4 Å². The van der Waals surface area contributed by atoms with Crippen molar-refractivity contribution >= 4 is 0 Å². The van der Waals surface area contributed by atoms with Crippen LogP contribution in [0, 0.1) is 30.9 Å². The van der Waals surface area contributed by atoms with E-state index >= 15 is 0 Å². The van der Waals surface area contributed by atoms with Crippen molar-refractivity contribution in [2.24, 2.45) is 0 Å². The molecule has 1 atom stereocenters. The molecule has 0 amide bonds. The lowest BCUT2D eigenvalue weighted by atomic mass is 10.00. The standard InChI is InChI=1S/C17H14F2O/c1-3-15(20)8-14-7-6-13(10-17(14)19)12-5-4-11(2)16(18)9-12/h1,4-7,9-10,15,20H,8H2,2H3. The molecule has 102 valence electrons. The molecule has 2 aromatic carbocycles. The number of aryl methyl sites for hydroxylation is 1. The maximum atomic E-state index is 13.9. The fourth-order valence-electron chi connectivity index (χ4n) is 1.93. The molecule has 2 aromatic rings. The minimum Gasteiger partial charge on any atom is -0.380 e. The Morgan fingerprint density at radius 3 is 2.25 bits per heavy atom. The molecule has 0 spiro atoms. The van der Waals surface area contributed by atoms with Crippen molar-refractivity contribution in [3.8, 4) is 23.5 Å². The first-order valence-corrected chi connectivity index (χ1v) is 6.20. The third-order valence-electron chi connectivity index (χ3n) is 3.16. The summed E-state index contributed by atoms with van der Waals surface area (Å²) in [4.78, 5) is 0. The van der Waals surface area contributed by atoms with E-state index in [-0.39, 0.29) is 12.2 Å². The van der Waals surface area contributed by atoms with E-state index in [4.69, 9.17) is 6.42 Å². The van der Waals surface area contributed by atoms with Crippen LogP contribution in [0.25, 0.3) is 11.1 Å². The van der Waals surface area contributed by atoms with Crippen LogP contribution in [0.4, 0.5) is 8.78 Å². The summed E-state index contributed by atoms with van der Waals surface area (Å²) >= 11 is 0. The number of terminal acetylenes is 1. The highest BCUT2D eigenvalue weighted by Gasteiger charge is 2.09. The average Bonchev–Trinajstić information content (AvgIpc) is 2.44. The van der Waals surface area contributed by atoms with Crippen molar-refractivity contribution in [2.75, 3.05) is 0 Å². The fourth-order valence-corrected chi connectivity index (χ4v) is 1.93. The second-order valence-corrected chi connectivity index (χ2v) is 4.66. The molecule has 1 nitrogen and oxygen atoms in total. The van der Waals surface area contributed by atoms with Gasteiger partial charge < -0.3 is 5.11 Å². The van der Waals surface area contributed by atoms with Gasteiger partial charge in [0.25, 0.3) is 0 Å². The third kappa shape index (κ3) is 3.04. The van der Waals surface area contributed by atoms with E-state index in [1.165, 1.54) is 12.1 Å². The van der Waals surface area contributed by atoms with Gasteiger partial charge in [0.05, 0.1) is 0 Å². The van der Waals surface area contributed by atoms with Crippen molar-refractivity contribution in [1.29, 1.82) is 0 Å². The summed E-state index contributed by atoms with van der Waals surface area (Å²) in [5.41, 5.74) is 2.08. The highest BCUT2D eigenvalue weighted by Crippen LogP contribution is 2.24. The van der Waals surface area contributed by atoms with Crippen LogP contribution < -0.4 is 0 Å². The van der Waals surface area contributed by atoms with Crippen LogP contribution in [-0.4, -0.2) is 11.2 Å². The molecule has 0 saturated carbocycles. The lowest BCUT2D eigenvalue weighted by Crippen LogP contribution is -2.08. The molecule has 20 heavy (non-hydrogen) atoms. The molecular weight excluding hydrogens is 258 g/mol. The van der Waals surface area contributed by atoms with Crippen LogP contribution in [0.5, 0.6) is 0 Å². The van der Waals surface area contributed by atoms with E-state index in [0.29, 0.717) is 22.3 Å². The molecule has 0 aliphatic carbocycles. The second-order valence-electron chi connectivity index (χ2n) is 4.66. The van der Waals surface area contributed by atoms with Gasteiger partial charge in [0.2, 0.25) is 0 Å². The molecule has 2 rings (SSSR count). The van der Waals surface area contributed by atoms with Gasteiger partial charge in [0.1, 0.15) is 17.7 Å². The Labute approximate surface area is 116 Å². The summed E-state index contributed by atoms with van der Waals surface area (Å²) in [6, 6.07) is 9.33. The first kappa shape index (κ1) is 14.2. The SMILES string of the molecule is C#CC(O)Cc1ccc(-c2ccc(C)c(F)c2)cc1F. The Hall–Kier alpha value is -2.18. The predicted molar refractivity (Wildman–Crippen MR) is 75.1 cm³/mol. The quantitative estimate of drug-likeness (QED) is 0.848. The summed E-state index contributed by atoms with van der Waals surface area (Å²) in [5, 5.41) is 9.34. The molecule has 3 heteroatoms. The monoisotopic (exact) mass is 272 g/mol. The molecule has 0 aliphatic heterocycles. The average molecular weight is 272 g/mol. The van der Waals surface area contributed by atoms with E-state index in [0.717, 1.165) is 0 Å². The lowest BCUT2D eigenvalue weighted by Gasteiger charge is -2.08. The molecule has 0 radical (unpaired) electrons. The van der Waals surface area contributed by atoms with E-state index in [1.807, 2.05) is 0 Å². The molecule has 0 heterocycles. The van der Waals surface area contributed by atoms with Crippen molar-refractivity contribution in [3.63, 3.8) is 0 Å². The van der Waals surface area contributed by atoms with Crippen LogP contribution >= 0.6 is 0 Å². The van der Waals surface area contributed by atoms with E-state index < -0.39 is 11.9 Å². The molecule has 0 bridgehead atoms. The minimum atomic E-state index is -1.01. The van der Waals surface area contributed by atoms with Crippen LogP contribution in [-0.2, 0) is 6.42 Å². The summed E-state index contributed by atoms with van der Waals surface area (Å²) in [5.74, 6) is 1.36. The van der Waals surface area contributed by atoms with E-state index in [1.54, 1.807) is 31.2 Å². The number of hydrogen-bond donors (Lipinski definition) is 1. The van der Waals surface area contributed by atoms with Gasteiger partial charge >= 0.3 is 0 Å². The maximum absolute atomic E-state index is 13.9. The van der Waals surface area contributed by atoms with Gasteiger partial charge in [-0.1, -0.05) is 30.2 Å². The topological polar surface area (TPSA) is 20.2 Å². The molecular formula is C17H14F2O. The van der Waals surface area contributed by atoms with Gasteiger partial charge in [0, 0.05) is 6.42 Å². The van der Waals surface area contributed by atoms with Crippen molar-refractivity contribution < 1.29 is 13.9 Å². The normalized spacial score (nSPS) is 11.9. The molecule has 0 saturated heterocycles. The van der Waals surface area contributed by atoms with Crippen molar-refractivity contribution in [2.45, 2.75) is 19.4 Å². The largest absolute Gasteiger partial charge is 0.380 e. The van der Waals surface area contributed by atoms with Gasteiger partial charge in [0.15, 0.2) is 0 Å². The number of aliphatic hydroxyl groups excluding tert-OH is 1. The Bertz CT molecular complexity index is 671. The minimum absolute atomic E-state index is 0.0604. The van der Waals surface area contributed by atoms with Gasteiger partial charge in [-0.15, -0.1) is 6.42 Å². The van der Waals surface area contributed by atoms with Crippen LogP contribution in [0.3, 0.4) is 0 Å². The number of halogens is 2. The first-order chi connectivity index (χ1) is 9.51. The second kappa shape index (κ2) is 5.85. The van der Waals surface area contributed by atoms with Crippen molar-refractivity contribution in [3.05, 3.63) is 59.2 Å². The summed E-state index contributed by atoms with van der Waals surface area (Å²) in [7, 11) is 0. The Balaban J connectivity index is 2.33. The van der Waals surface area contributed by atoms with Gasteiger partial charge in [-0.25, -0.2) is 8.78 Å². The molecule has 1 N–H and O–H groups in total. The van der Waals surface area contributed by atoms with Crippen LogP contribution in [0.1, 0.15) is 11.1 Å². The van der Waals surface area contributed by atoms with Crippen molar-refractivity contribution in [1.82, 2.24) is 0 Å². The fraction of sp³-hybridized carbons (Fsp3) is 0.176. The zero-order valence-corrected chi connectivity index (χ0v) is 11.0. The van der Waals surface area contributed by atoms with E-state index in [2.05, 4.69) is 5.92 Å². The number of benzene rings is 2. The molecule has 0 fully saturated rings. The molecule has 0 aliphatic rings. The van der Waals surface area contributed by atoms with Gasteiger partial charge in [-0.3, -0.25) is 0 Å². The Morgan fingerprint density at radius 2 is 1.70 bits per heavy atom. The Morgan fingerprint density at radius 1 is 1.10 bits per heavy atom. The van der Waals surface area contributed by atoms with Gasteiger partial charge in [-0.05, 0) is 41.3 Å². The Kier molecular flexibility index (Phi) is 4.16. The molecule has 1 unspecified atom stereocenters. The zero-order valence-electron chi connectivity index (χ0n) is 11.0.